The van der Waals surface area contributed by atoms with Crippen molar-refractivity contribution in [3.05, 3.63) is 63.2 Å². The predicted octanol–water partition coefficient (Wildman–Crippen LogP) is 2.79. The number of halogens is 1. The Morgan fingerprint density at radius 1 is 1.19 bits per heavy atom. The molecule has 4 N–H and O–H groups in total. The second-order valence-corrected chi connectivity index (χ2v) is 4.44. The number of nitrogen functional groups attached to an aromatic ring is 1. The standard InChI is InChI=1S/C13H11ClN4O3/c14-9-5-1-2-6-10(9)16-13(19)8-4-3-7-11(18(20)21)12(8)17-15/h1-7,17H,15H2,(H,16,19). The molecule has 2 aromatic rings. The van der Waals surface area contributed by atoms with Gasteiger partial charge >= 0.3 is 0 Å². The van der Waals surface area contributed by atoms with E-state index in [1.165, 1.54) is 18.2 Å². The normalized spacial score (nSPS) is 10.0. The second-order valence-electron chi connectivity index (χ2n) is 4.04. The number of amides is 1. The highest BCUT2D eigenvalue weighted by Crippen LogP contribution is 2.29. The molecule has 0 atom stereocenters. The number of carbonyl (C=O) groups excluding carboxylic acids is 1. The zero-order valence-corrected chi connectivity index (χ0v) is 11.4. The number of anilines is 2. The number of nitrogens with two attached hydrogens (primary N) is 1. The van der Waals surface area contributed by atoms with Gasteiger partial charge in [0.2, 0.25) is 0 Å². The lowest BCUT2D eigenvalue weighted by atomic mass is 10.1. The van der Waals surface area contributed by atoms with Gasteiger partial charge in [-0.3, -0.25) is 20.8 Å². The Hall–Kier alpha value is -2.64. The van der Waals surface area contributed by atoms with Crippen molar-refractivity contribution in [1.82, 2.24) is 0 Å². The van der Waals surface area contributed by atoms with Gasteiger partial charge in [0.05, 0.1) is 21.2 Å². The van der Waals surface area contributed by atoms with Crippen LogP contribution in [0.25, 0.3) is 0 Å². The van der Waals surface area contributed by atoms with E-state index < -0.39 is 10.8 Å². The molecule has 0 radical (unpaired) electrons. The monoisotopic (exact) mass is 306 g/mol. The SMILES string of the molecule is NNc1c(C(=O)Nc2ccccc2Cl)cccc1[N+](=O)[O-]. The average Bonchev–Trinajstić information content (AvgIpc) is 2.48. The van der Waals surface area contributed by atoms with Crippen molar-refractivity contribution in [2.45, 2.75) is 0 Å². The summed E-state index contributed by atoms with van der Waals surface area (Å²) in [7, 11) is 0. The van der Waals surface area contributed by atoms with Gasteiger partial charge < -0.3 is 10.7 Å². The van der Waals surface area contributed by atoms with E-state index in [-0.39, 0.29) is 16.9 Å². The molecule has 0 aromatic heterocycles. The van der Waals surface area contributed by atoms with Crippen LogP contribution in [0.2, 0.25) is 5.02 Å². The third kappa shape index (κ3) is 3.10. The maximum absolute atomic E-state index is 12.2. The van der Waals surface area contributed by atoms with Crippen molar-refractivity contribution < 1.29 is 9.72 Å². The summed E-state index contributed by atoms with van der Waals surface area (Å²) in [6, 6.07) is 10.7. The summed E-state index contributed by atoms with van der Waals surface area (Å²) in [5.41, 5.74) is 2.29. The number of rotatable bonds is 4. The van der Waals surface area contributed by atoms with E-state index >= 15 is 0 Å². The van der Waals surface area contributed by atoms with Gasteiger partial charge in [0, 0.05) is 6.07 Å². The third-order valence-electron chi connectivity index (χ3n) is 2.75. The summed E-state index contributed by atoms with van der Waals surface area (Å²) in [5.74, 6) is 4.73. The number of carbonyl (C=O) groups is 1. The molecule has 21 heavy (non-hydrogen) atoms. The minimum Gasteiger partial charge on any atom is -0.321 e. The van der Waals surface area contributed by atoms with Crippen LogP contribution in [0.1, 0.15) is 10.4 Å². The van der Waals surface area contributed by atoms with E-state index in [0.29, 0.717) is 10.7 Å². The number of hydrazine groups is 1. The zero-order chi connectivity index (χ0) is 15.4. The zero-order valence-electron chi connectivity index (χ0n) is 10.7. The van der Waals surface area contributed by atoms with Crippen LogP contribution in [-0.2, 0) is 0 Å². The molecule has 0 unspecified atom stereocenters. The minimum atomic E-state index is -0.624. The highest BCUT2D eigenvalue weighted by atomic mass is 35.5. The van der Waals surface area contributed by atoms with Gasteiger partial charge in [0.15, 0.2) is 0 Å². The van der Waals surface area contributed by atoms with Crippen LogP contribution in [0.3, 0.4) is 0 Å². The van der Waals surface area contributed by atoms with Crippen LogP contribution in [0.15, 0.2) is 42.5 Å². The van der Waals surface area contributed by atoms with Gasteiger partial charge in [-0.1, -0.05) is 29.8 Å². The van der Waals surface area contributed by atoms with Gasteiger partial charge in [-0.2, -0.15) is 0 Å². The van der Waals surface area contributed by atoms with Crippen LogP contribution in [0, 0.1) is 10.1 Å². The number of benzene rings is 2. The Balaban J connectivity index is 2.38. The summed E-state index contributed by atoms with van der Waals surface area (Å²) < 4.78 is 0. The molecule has 0 aliphatic rings. The van der Waals surface area contributed by atoms with Crippen molar-refractivity contribution in [1.29, 1.82) is 0 Å². The Morgan fingerprint density at radius 3 is 2.52 bits per heavy atom. The van der Waals surface area contributed by atoms with Gasteiger partial charge in [-0.15, -0.1) is 0 Å². The fourth-order valence-corrected chi connectivity index (χ4v) is 1.97. The summed E-state index contributed by atoms with van der Waals surface area (Å²) in [5, 5.41) is 13.9. The number of hydrogen-bond donors (Lipinski definition) is 3. The van der Waals surface area contributed by atoms with Crippen molar-refractivity contribution in [3.63, 3.8) is 0 Å². The molecule has 0 aliphatic heterocycles. The van der Waals surface area contributed by atoms with E-state index in [9.17, 15) is 14.9 Å². The number of nitro groups is 1. The lowest BCUT2D eigenvalue weighted by molar-refractivity contribution is -0.384. The van der Waals surface area contributed by atoms with Crippen molar-refractivity contribution >= 4 is 34.6 Å². The minimum absolute atomic E-state index is 0.0478. The lowest BCUT2D eigenvalue weighted by Gasteiger charge is -2.10. The first-order chi connectivity index (χ1) is 10.0. The van der Waals surface area contributed by atoms with Gasteiger partial charge in [-0.05, 0) is 18.2 Å². The topological polar surface area (TPSA) is 110 Å². The van der Waals surface area contributed by atoms with Gasteiger partial charge in [0.25, 0.3) is 11.6 Å². The molecule has 0 aliphatic carbocycles. The smallest absolute Gasteiger partial charge is 0.294 e. The molecule has 2 aromatic carbocycles. The number of nitrogens with one attached hydrogen (secondary N) is 2. The number of nitrogens with zero attached hydrogens (tertiary/aromatic N) is 1. The number of para-hydroxylation sites is 2. The summed E-state index contributed by atoms with van der Waals surface area (Å²) >= 11 is 5.95. The van der Waals surface area contributed by atoms with Gasteiger partial charge in [-0.25, -0.2) is 0 Å². The number of nitro benzene ring substituents is 1. The fourth-order valence-electron chi connectivity index (χ4n) is 1.79. The molecule has 0 heterocycles. The Morgan fingerprint density at radius 2 is 1.90 bits per heavy atom. The van der Waals surface area contributed by atoms with Crippen molar-refractivity contribution in [2.24, 2.45) is 5.84 Å². The molecule has 0 fully saturated rings. The van der Waals surface area contributed by atoms with E-state index in [4.69, 9.17) is 17.4 Å². The quantitative estimate of drug-likeness (QED) is 0.457. The fraction of sp³-hybridized carbons (Fsp3) is 0. The van der Waals surface area contributed by atoms with E-state index in [1.54, 1.807) is 24.3 Å². The van der Waals surface area contributed by atoms with Crippen LogP contribution >= 0.6 is 11.6 Å². The Bertz CT molecular complexity index is 706. The van der Waals surface area contributed by atoms with Crippen LogP contribution in [0.5, 0.6) is 0 Å². The van der Waals surface area contributed by atoms with Crippen LogP contribution in [-0.4, -0.2) is 10.8 Å². The van der Waals surface area contributed by atoms with Crippen LogP contribution in [0.4, 0.5) is 17.1 Å². The first-order valence-electron chi connectivity index (χ1n) is 5.84. The molecule has 1 amide bonds. The highest BCUT2D eigenvalue weighted by molar-refractivity contribution is 6.34. The molecule has 0 spiro atoms. The molecule has 7 nitrogen and oxygen atoms in total. The van der Waals surface area contributed by atoms with Crippen molar-refractivity contribution in [2.75, 3.05) is 10.7 Å². The highest BCUT2D eigenvalue weighted by Gasteiger charge is 2.21. The van der Waals surface area contributed by atoms with E-state index in [0.717, 1.165) is 0 Å². The molecule has 108 valence electrons. The summed E-state index contributed by atoms with van der Waals surface area (Å²) in [6.07, 6.45) is 0. The molecule has 2 rings (SSSR count). The number of hydrogen-bond acceptors (Lipinski definition) is 5. The maximum atomic E-state index is 12.2. The maximum Gasteiger partial charge on any atom is 0.294 e. The third-order valence-corrected chi connectivity index (χ3v) is 3.08. The molecule has 0 saturated carbocycles. The molecule has 0 bridgehead atoms. The average molecular weight is 307 g/mol. The largest absolute Gasteiger partial charge is 0.321 e. The van der Waals surface area contributed by atoms with E-state index in [2.05, 4.69) is 10.7 Å². The molecule has 8 heteroatoms. The summed E-state index contributed by atoms with van der Waals surface area (Å²) in [6.45, 7) is 0. The van der Waals surface area contributed by atoms with Crippen LogP contribution < -0.4 is 16.6 Å². The van der Waals surface area contributed by atoms with Gasteiger partial charge in [0.1, 0.15) is 5.69 Å². The molecular weight excluding hydrogens is 296 g/mol. The first kappa shape index (κ1) is 14.8. The molecule has 0 saturated heterocycles. The molecular formula is C13H11ClN4O3. The first-order valence-corrected chi connectivity index (χ1v) is 6.22. The lowest BCUT2D eigenvalue weighted by Crippen LogP contribution is -2.18. The Labute approximate surface area is 124 Å². The predicted molar refractivity (Wildman–Crippen MR) is 80.3 cm³/mol. The second kappa shape index (κ2) is 6.21. The summed E-state index contributed by atoms with van der Waals surface area (Å²) in [4.78, 5) is 22.5. The van der Waals surface area contributed by atoms with Crippen molar-refractivity contribution in [3.8, 4) is 0 Å². The van der Waals surface area contributed by atoms with E-state index in [1.807, 2.05) is 0 Å². The Kier molecular flexibility index (Phi) is 4.36.